The maximum Gasteiger partial charge on any atom is 0.266 e. The molecule has 1 heterocycles. The molecule has 29 heavy (non-hydrogen) atoms. The Labute approximate surface area is 175 Å². The zero-order valence-corrected chi connectivity index (χ0v) is 16.9. The number of benzene rings is 3. The van der Waals surface area contributed by atoms with Crippen LogP contribution in [0.15, 0.2) is 71.2 Å². The summed E-state index contributed by atoms with van der Waals surface area (Å²) >= 11 is 3.32. The maximum atomic E-state index is 12.7. The number of carbonyl (C=O) groups is 3. The van der Waals surface area contributed by atoms with E-state index in [0.29, 0.717) is 33.8 Å². The van der Waals surface area contributed by atoms with Crippen LogP contribution in [0.3, 0.4) is 0 Å². The summed E-state index contributed by atoms with van der Waals surface area (Å²) in [6.07, 6.45) is 0. The van der Waals surface area contributed by atoms with Crippen LogP contribution in [0.4, 0.5) is 11.4 Å². The number of carbonyl (C=O) groups excluding carboxylic acids is 3. The van der Waals surface area contributed by atoms with Crippen LogP contribution in [0.1, 0.15) is 31.1 Å². The van der Waals surface area contributed by atoms with Gasteiger partial charge in [0.25, 0.3) is 17.7 Å². The molecule has 3 amide bonds. The van der Waals surface area contributed by atoms with Gasteiger partial charge in [-0.2, -0.15) is 0 Å². The molecule has 3 aromatic rings. The average molecular weight is 451 g/mol. The number of anilines is 2. The Bertz CT molecular complexity index is 1140. The zero-order chi connectivity index (χ0) is 20.5. The highest BCUT2D eigenvalue weighted by atomic mass is 79.9. The van der Waals surface area contributed by atoms with E-state index in [1.54, 1.807) is 73.8 Å². The second-order valence-electron chi connectivity index (χ2n) is 6.37. The number of rotatable bonds is 4. The van der Waals surface area contributed by atoms with Gasteiger partial charge in [0.05, 0.1) is 23.9 Å². The van der Waals surface area contributed by atoms with E-state index < -0.39 is 0 Å². The number of imide groups is 1. The highest BCUT2D eigenvalue weighted by Gasteiger charge is 2.36. The van der Waals surface area contributed by atoms with Crippen LogP contribution in [0, 0.1) is 0 Å². The van der Waals surface area contributed by atoms with Crippen molar-refractivity contribution in [2.24, 2.45) is 0 Å². The van der Waals surface area contributed by atoms with Gasteiger partial charge in [-0.05, 0) is 54.6 Å². The summed E-state index contributed by atoms with van der Waals surface area (Å²) in [6, 6.07) is 18.3. The fourth-order valence-corrected chi connectivity index (χ4v) is 3.47. The van der Waals surface area contributed by atoms with Gasteiger partial charge < -0.3 is 10.1 Å². The van der Waals surface area contributed by atoms with E-state index in [1.165, 1.54) is 0 Å². The first-order valence-electron chi connectivity index (χ1n) is 8.72. The number of halogens is 1. The molecule has 7 heteroatoms. The molecular formula is C22H15BrN2O4. The third kappa shape index (κ3) is 3.52. The van der Waals surface area contributed by atoms with Crippen molar-refractivity contribution in [3.8, 4) is 5.75 Å². The van der Waals surface area contributed by atoms with E-state index >= 15 is 0 Å². The van der Waals surface area contributed by atoms with Crippen LogP contribution in [-0.2, 0) is 0 Å². The predicted octanol–water partition coefficient (Wildman–Crippen LogP) is 4.51. The number of hydrogen-bond donors (Lipinski definition) is 1. The summed E-state index contributed by atoms with van der Waals surface area (Å²) in [7, 11) is 1.55. The molecule has 1 aliphatic heterocycles. The van der Waals surface area contributed by atoms with Crippen molar-refractivity contribution in [2.45, 2.75) is 0 Å². The minimum atomic E-state index is -0.389. The summed E-state index contributed by atoms with van der Waals surface area (Å²) in [5.74, 6) is -0.447. The van der Waals surface area contributed by atoms with E-state index in [4.69, 9.17) is 4.74 Å². The van der Waals surface area contributed by atoms with Crippen LogP contribution in [0.2, 0.25) is 0 Å². The Morgan fingerprint density at radius 2 is 1.66 bits per heavy atom. The molecule has 0 atom stereocenters. The van der Waals surface area contributed by atoms with Crippen LogP contribution in [0.25, 0.3) is 0 Å². The second-order valence-corrected chi connectivity index (χ2v) is 7.28. The molecule has 3 aromatic carbocycles. The SMILES string of the molecule is COc1cccc(NC(=O)c2ccc(N3C(=O)c4ccc(Br)cc4C3=O)cc2)c1. The van der Waals surface area contributed by atoms with E-state index in [9.17, 15) is 14.4 Å². The molecule has 0 aliphatic carbocycles. The Balaban J connectivity index is 1.54. The van der Waals surface area contributed by atoms with Crippen molar-refractivity contribution >= 4 is 45.0 Å². The van der Waals surface area contributed by atoms with Crippen molar-refractivity contribution in [3.05, 3.63) is 87.9 Å². The molecule has 0 saturated carbocycles. The lowest BCUT2D eigenvalue weighted by Gasteiger charge is -2.14. The molecule has 0 bridgehead atoms. The van der Waals surface area contributed by atoms with Crippen molar-refractivity contribution in [3.63, 3.8) is 0 Å². The summed E-state index contributed by atoms with van der Waals surface area (Å²) in [6.45, 7) is 0. The molecule has 144 valence electrons. The van der Waals surface area contributed by atoms with Crippen LogP contribution >= 0.6 is 15.9 Å². The van der Waals surface area contributed by atoms with Gasteiger partial charge in [-0.3, -0.25) is 14.4 Å². The standard InChI is InChI=1S/C22H15BrN2O4/c1-29-17-4-2-3-15(12-17)24-20(26)13-5-8-16(9-6-13)25-21(27)18-10-7-14(23)11-19(18)22(25)28/h2-12H,1H3,(H,24,26). The van der Waals surface area contributed by atoms with Gasteiger partial charge in [-0.15, -0.1) is 0 Å². The highest BCUT2D eigenvalue weighted by Crippen LogP contribution is 2.30. The Morgan fingerprint density at radius 3 is 2.38 bits per heavy atom. The predicted molar refractivity (Wildman–Crippen MR) is 113 cm³/mol. The van der Waals surface area contributed by atoms with Crippen molar-refractivity contribution < 1.29 is 19.1 Å². The smallest absolute Gasteiger partial charge is 0.266 e. The van der Waals surface area contributed by atoms with Crippen LogP contribution in [-0.4, -0.2) is 24.8 Å². The fourth-order valence-electron chi connectivity index (χ4n) is 3.11. The van der Waals surface area contributed by atoms with E-state index in [2.05, 4.69) is 21.2 Å². The molecule has 1 aliphatic rings. The summed E-state index contributed by atoms with van der Waals surface area (Å²) in [5.41, 5.74) is 2.12. The minimum Gasteiger partial charge on any atom is -0.497 e. The summed E-state index contributed by atoms with van der Waals surface area (Å²) in [5, 5.41) is 2.79. The van der Waals surface area contributed by atoms with E-state index in [0.717, 1.165) is 9.37 Å². The van der Waals surface area contributed by atoms with Gasteiger partial charge in [-0.25, -0.2) is 4.90 Å². The van der Waals surface area contributed by atoms with Gasteiger partial charge in [0.2, 0.25) is 0 Å². The van der Waals surface area contributed by atoms with Gasteiger partial charge in [-0.1, -0.05) is 22.0 Å². The number of nitrogens with zero attached hydrogens (tertiary/aromatic N) is 1. The first kappa shape index (κ1) is 18.9. The lowest BCUT2D eigenvalue weighted by molar-refractivity contribution is 0.0925. The van der Waals surface area contributed by atoms with E-state index in [1.807, 2.05) is 0 Å². The largest absolute Gasteiger partial charge is 0.497 e. The maximum absolute atomic E-state index is 12.7. The lowest BCUT2D eigenvalue weighted by Crippen LogP contribution is -2.29. The number of amides is 3. The number of methoxy groups -OCH3 is 1. The molecule has 1 N–H and O–H groups in total. The Hall–Kier alpha value is -3.45. The third-order valence-electron chi connectivity index (χ3n) is 4.56. The zero-order valence-electron chi connectivity index (χ0n) is 15.3. The number of nitrogens with one attached hydrogen (secondary N) is 1. The molecule has 0 unspecified atom stereocenters. The van der Waals surface area contributed by atoms with E-state index in [-0.39, 0.29) is 17.7 Å². The normalized spacial score (nSPS) is 12.7. The van der Waals surface area contributed by atoms with Crippen molar-refractivity contribution in [1.29, 1.82) is 0 Å². The topological polar surface area (TPSA) is 75.7 Å². The molecule has 6 nitrogen and oxygen atoms in total. The first-order chi connectivity index (χ1) is 14.0. The average Bonchev–Trinajstić information content (AvgIpc) is 2.98. The molecular weight excluding hydrogens is 436 g/mol. The molecule has 0 saturated heterocycles. The molecule has 0 radical (unpaired) electrons. The van der Waals surface area contributed by atoms with Crippen molar-refractivity contribution in [2.75, 3.05) is 17.3 Å². The number of fused-ring (bicyclic) bond motifs is 1. The first-order valence-corrected chi connectivity index (χ1v) is 9.51. The highest BCUT2D eigenvalue weighted by molar-refractivity contribution is 9.10. The van der Waals surface area contributed by atoms with Gasteiger partial charge in [0, 0.05) is 21.8 Å². The third-order valence-corrected chi connectivity index (χ3v) is 5.06. The number of ether oxygens (including phenoxy) is 1. The summed E-state index contributed by atoms with van der Waals surface area (Å²) < 4.78 is 5.87. The Morgan fingerprint density at radius 1 is 0.931 bits per heavy atom. The van der Waals surface area contributed by atoms with Crippen LogP contribution in [0.5, 0.6) is 5.75 Å². The monoisotopic (exact) mass is 450 g/mol. The lowest BCUT2D eigenvalue weighted by atomic mass is 10.1. The van der Waals surface area contributed by atoms with Crippen LogP contribution < -0.4 is 15.0 Å². The minimum absolute atomic E-state index is 0.309. The molecule has 0 aromatic heterocycles. The van der Waals surface area contributed by atoms with Gasteiger partial charge in [0.1, 0.15) is 5.75 Å². The second kappa shape index (κ2) is 7.52. The summed E-state index contributed by atoms with van der Waals surface area (Å²) in [4.78, 5) is 38.9. The Kier molecular flexibility index (Phi) is 4.90. The van der Waals surface area contributed by atoms with Crippen molar-refractivity contribution in [1.82, 2.24) is 0 Å². The van der Waals surface area contributed by atoms with Gasteiger partial charge in [0.15, 0.2) is 0 Å². The fraction of sp³-hybridized carbons (Fsp3) is 0.0455. The molecule has 4 rings (SSSR count). The molecule has 0 spiro atoms. The molecule has 0 fully saturated rings. The quantitative estimate of drug-likeness (QED) is 0.593. The number of hydrogen-bond acceptors (Lipinski definition) is 4. The van der Waals surface area contributed by atoms with Gasteiger partial charge >= 0.3 is 0 Å².